The summed E-state index contributed by atoms with van der Waals surface area (Å²) >= 11 is 0. The van der Waals surface area contributed by atoms with Crippen LogP contribution in [-0.4, -0.2) is 6.67 Å². The predicted molar refractivity (Wildman–Crippen MR) is 30.0 cm³/mol. The Labute approximate surface area is 44.0 Å². The quantitative estimate of drug-likeness (QED) is 0.469. The van der Waals surface area contributed by atoms with Crippen molar-refractivity contribution in [2.45, 2.75) is 13.8 Å². The van der Waals surface area contributed by atoms with Gasteiger partial charge in [0.05, 0.1) is 6.67 Å². The molecule has 0 fully saturated rings. The SMILES string of the molecule is CC=CC(C)CF. The molecule has 0 radical (unpaired) electrons. The Balaban J connectivity index is 3.16. The summed E-state index contributed by atoms with van der Waals surface area (Å²) in [6, 6.07) is 0. The van der Waals surface area contributed by atoms with Crippen molar-refractivity contribution < 1.29 is 4.39 Å². The highest BCUT2D eigenvalue weighted by atomic mass is 19.1. The second-order valence-corrected chi connectivity index (χ2v) is 1.66. The van der Waals surface area contributed by atoms with Crippen molar-refractivity contribution in [2.24, 2.45) is 5.92 Å². The zero-order valence-electron chi connectivity index (χ0n) is 4.82. The molecular weight excluding hydrogens is 91.1 g/mol. The normalized spacial score (nSPS) is 15.3. The van der Waals surface area contributed by atoms with E-state index in [1.165, 1.54) is 0 Å². The van der Waals surface area contributed by atoms with Crippen LogP contribution in [0.3, 0.4) is 0 Å². The van der Waals surface area contributed by atoms with E-state index in [1.54, 1.807) is 0 Å². The monoisotopic (exact) mass is 102 g/mol. The summed E-state index contributed by atoms with van der Waals surface area (Å²) in [7, 11) is 0. The second-order valence-electron chi connectivity index (χ2n) is 1.66. The molecular formula is C6H11F. The Morgan fingerprint density at radius 1 is 1.71 bits per heavy atom. The van der Waals surface area contributed by atoms with Crippen molar-refractivity contribution in [3.8, 4) is 0 Å². The molecule has 0 heterocycles. The summed E-state index contributed by atoms with van der Waals surface area (Å²) in [5.74, 6) is 0.102. The highest BCUT2D eigenvalue weighted by Crippen LogP contribution is 1.95. The zero-order valence-corrected chi connectivity index (χ0v) is 4.82. The largest absolute Gasteiger partial charge is 0.250 e. The molecule has 0 aromatic rings. The van der Waals surface area contributed by atoms with E-state index in [9.17, 15) is 4.39 Å². The minimum Gasteiger partial charge on any atom is -0.250 e. The minimum absolute atomic E-state index is 0.102. The molecule has 0 saturated carbocycles. The second kappa shape index (κ2) is 3.85. The first-order chi connectivity index (χ1) is 3.31. The summed E-state index contributed by atoms with van der Waals surface area (Å²) < 4.78 is 11.5. The maximum absolute atomic E-state index is 11.5. The number of allylic oxidation sites excluding steroid dienone is 2. The van der Waals surface area contributed by atoms with Gasteiger partial charge in [0, 0.05) is 5.92 Å². The molecule has 0 aliphatic carbocycles. The molecule has 0 amide bonds. The van der Waals surface area contributed by atoms with E-state index in [0.29, 0.717) is 0 Å². The van der Waals surface area contributed by atoms with Crippen LogP contribution in [0.25, 0.3) is 0 Å². The van der Waals surface area contributed by atoms with Crippen LogP contribution in [0.2, 0.25) is 0 Å². The van der Waals surface area contributed by atoms with Crippen LogP contribution in [0.4, 0.5) is 4.39 Å². The van der Waals surface area contributed by atoms with E-state index in [2.05, 4.69) is 0 Å². The lowest BCUT2D eigenvalue weighted by atomic mass is 10.2. The molecule has 0 bridgehead atoms. The molecule has 42 valence electrons. The number of rotatable bonds is 2. The van der Waals surface area contributed by atoms with E-state index >= 15 is 0 Å². The topological polar surface area (TPSA) is 0 Å². The molecule has 0 aliphatic rings. The molecule has 0 spiro atoms. The Morgan fingerprint density at radius 2 is 2.29 bits per heavy atom. The molecule has 0 aromatic heterocycles. The molecule has 7 heavy (non-hydrogen) atoms. The van der Waals surface area contributed by atoms with Gasteiger partial charge in [0.1, 0.15) is 0 Å². The fourth-order valence-corrected chi connectivity index (χ4v) is 0.380. The van der Waals surface area contributed by atoms with Crippen LogP contribution in [0.1, 0.15) is 13.8 Å². The third-order valence-electron chi connectivity index (χ3n) is 0.764. The molecule has 0 aliphatic heterocycles. The smallest absolute Gasteiger partial charge is 0.0954 e. The third-order valence-corrected chi connectivity index (χ3v) is 0.764. The molecule has 1 atom stereocenters. The van der Waals surface area contributed by atoms with E-state index < -0.39 is 0 Å². The molecule has 0 nitrogen and oxygen atoms in total. The Morgan fingerprint density at radius 3 is 2.43 bits per heavy atom. The van der Waals surface area contributed by atoms with Gasteiger partial charge >= 0.3 is 0 Å². The first-order valence-electron chi connectivity index (χ1n) is 2.50. The maximum Gasteiger partial charge on any atom is 0.0954 e. The van der Waals surface area contributed by atoms with Crippen molar-refractivity contribution in [3.63, 3.8) is 0 Å². The van der Waals surface area contributed by atoms with Crippen molar-refractivity contribution >= 4 is 0 Å². The molecule has 0 rings (SSSR count). The molecule has 1 unspecified atom stereocenters. The van der Waals surface area contributed by atoms with Gasteiger partial charge in [-0.05, 0) is 6.92 Å². The fraction of sp³-hybridized carbons (Fsp3) is 0.667. The number of halogens is 1. The molecule has 0 N–H and O–H groups in total. The van der Waals surface area contributed by atoms with Crippen molar-refractivity contribution in [3.05, 3.63) is 12.2 Å². The van der Waals surface area contributed by atoms with Gasteiger partial charge in [0.15, 0.2) is 0 Å². The van der Waals surface area contributed by atoms with Crippen LogP contribution < -0.4 is 0 Å². The average Bonchev–Trinajstić information content (AvgIpc) is 1.68. The van der Waals surface area contributed by atoms with Gasteiger partial charge < -0.3 is 0 Å². The van der Waals surface area contributed by atoms with Crippen LogP contribution in [0.15, 0.2) is 12.2 Å². The summed E-state index contributed by atoms with van der Waals surface area (Å²) in [5, 5.41) is 0. The van der Waals surface area contributed by atoms with Crippen molar-refractivity contribution in [1.82, 2.24) is 0 Å². The molecule has 0 saturated heterocycles. The van der Waals surface area contributed by atoms with Gasteiger partial charge in [-0.3, -0.25) is 4.39 Å². The Hall–Kier alpha value is -0.330. The number of hydrogen-bond donors (Lipinski definition) is 0. The predicted octanol–water partition coefficient (Wildman–Crippen LogP) is 2.17. The highest BCUT2D eigenvalue weighted by molar-refractivity contribution is 4.81. The lowest BCUT2D eigenvalue weighted by Gasteiger charge is -1.92. The minimum atomic E-state index is -0.246. The first kappa shape index (κ1) is 6.67. The summed E-state index contributed by atoms with van der Waals surface area (Å²) in [5.41, 5.74) is 0. The van der Waals surface area contributed by atoms with Crippen molar-refractivity contribution in [1.29, 1.82) is 0 Å². The van der Waals surface area contributed by atoms with Gasteiger partial charge in [-0.1, -0.05) is 19.1 Å². The highest BCUT2D eigenvalue weighted by Gasteiger charge is 1.89. The van der Waals surface area contributed by atoms with Gasteiger partial charge in [0.2, 0.25) is 0 Å². The lowest BCUT2D eigenvalue weighted by molar-refractivity contribution is 0.430. The maximum atomic E-state index is 11.5. The Bertz CT molecular complexity index is 57.2. The van der Waals surface area contributed by atoms with Gasteiger partial charge in [-0.2, -0.15) is 0 Å². The summed E-state index contributed by atoms with van der Waals surface area (Å²) in [4.78, 5) is 0. The number of alkyl halides is 1. The van der Waals surface area contributed by atoms with E-state index in [4.69, 9.17) is 0 Å². The molecule has 1 heteroatoms. The lowest BCUT2D eigenvalue weighted by Crippen LogP contribution is -1.88. The molecule has 0 aromatic carbocycles. The third kappa shape index (κ3) is 3.50. The van der Waals surface area contributed by atoms with Crippen LogP contribution in [0.5, 0.6) is 0 Å². The van der Waals surface area contributed by atoms with Gasteiger partial charge in [0.25, 0.3) is 0 Å². The fourth-order valence-electron chi connectivity index (χ4n) is 0.380. The van der Waals surface area contributed by atoms with E-state index in [0.717, 1.165) is 0 Å². The van der Waals surface area contributed by atoms with Gasteiger partial charge in [-0.15, -0.1) is 0 Å². The Kier molecular flexibility index (Phi) is 3.67. The average molecular weight is 102 g/mol. The van der Waals surface area contributed by atoms with Crippen LogP contribution >= 0.6 is 0 Å². The van der Waals surface area contributed by atoms with Crippen LogP contribution in [-0.2, 0) is 0 Å². The summed E-state index contributed by atoms with van der Waals surface area (Å²) in [6.07, 6.45) is 3.71. The number of hydrogen-bond acceptors (Lipinski definition) is 0. The summed E-state index contributed by atoms with van der Waals surface area (Å²) in [6.45, 7) is 3.50. The van der Waals surface area contributed by atoms with E-state index in [-0.39, 0.29) is 12.6 Å². The van der Waals surface area contributed by atoms with Crippen LogP contribution in [0, 0.1) is 5.92 Å². The first-order valence-corrected chi connectivity index (χ1v) is 2.50. The standard InChI is InChI=1S/C6H11F/c1-3-4-6(2)5-7/h3-4,6H,5H2,1-2H3. The van der Waals surface area contributed by atoms with Crippen molar-refractivity contribution in [2.75, 3.05) is 6.67 Å². The van der Waals surface area contributed by atoms with Gasteiger partial charge in [-0.25, -0.2) is 0 Å². The van der Waals surface area contributed by atoms with E-state index in [1.807, 2.05) is 26.0 Å². The zero-order chi connectivity index (χ0) is 5.70.